The van der Waals surface area contributed by atoms with Crippen molar-refractivity contribution in [3.05, 3.63) is 30.1 Å². The van der Waals surface area contributed by atoms with Crippen LogP contribution in [0, 0.1) is 11.7 Å². The van der Waals surface area contributed by atoms with Crippen molar-refractivity contribution < 1.29 is 9.18 Å². The third-order valence-electron chi connectivity index (χ3n) is 4.14. The molecule has 0 aromatic heterocycles. The van der Waals surface area contributed by atoms with Crippen molar-refractivity contribution in [2.24, 2.45) is 5.92 Å². The van der Waals surface area contributed by atoms with Crippen molar-refractivity contribution in [2.45, 2.75) is 39.0 Å². The minimum atomic E-state index is -0.181. The molecular formula is C17H25FN2O. The summed E-state index contributed by atoms with van der Waals surface area (Å²) in [4.78, 5) is 14.1. The Kier molecular flexibility index (Phi) is 6.03. The maximum absolute atomic E-state index is 13.7. The number of carbonyl (C=O) groups excluding carboxylic acids is 1. The van der Waals surface area contributed by atoms with E-state index in [9.17, 15) is 9.18 Å². The second kappa shape index (κ2) is 8.01. The summed E-state index contributed by atoms with van der Waals surface area (Å²) in [6.45, 7) is 4.42. The zero-order valence-electron chi connectivity index (χ0n) is 12.8. The first kappa shape index (κ1) is 15.8. The van der Waals surface area contributed by atoms with Crippen LogP contribution in [0.2, 0.25) is 0 Å². The molecule has 0 atom stereocenters. The van der Waals surface area contributed by atoms with E-state index >= 15 is 0 Å². The predicted octanol–water partition coefficient (Wildman–Crippen LogP) is 3.35. The van der Waals surface area contributed by atoms with E-state index in [2.05, 4.69) is 12.2 Å². The van der Waals surface area contributed by atoms with Crippen molar-refractivity contribution >= 4 is 11.6 Å². The zero-order valence-corrected chi connectivity index (χ0v) is 12.8. The highest BCUT2D eigenvalue weighted by atomic mass is 19.1. The quantitative estimate of drug-likeness (QED) is 0.816. The fourth-order valence-corrected chi connectivity index (χ4v) is 2.82. The molecule has 1 aliphatic rings. The molecule has 1 amide bonds. The molecule has 0 radical (unpaired) electrons. The number of hydrogen-bond acceptors (Lipinski definition) is 2. The van der Waals surface area contributed by atoms with Crippen LogP contribution < -0.4 is 10.2 Å². The van der Waals surface area contributed by atoms with Crippen molar-refractivity contribution in [1.29, 1.82) is 0 Å². The van der Waals surface area contributed by atoms with Gasteiger partial charge in [-0.25, -0.2) is 4.39 Å². The lowest BCUT2D eigenvalue weighted by Crippen LogP contribution is -2.41. The average Bonchev–Trinajstić information content (AvgIpc) is 2.52. The van der Waals surface area contributed by atoms with Gasteiger partial charge in [-0.05, 0) is 31.4 Å². The zero-order chi connectivity index (χ0) is 15.1. The number of benzene rings is 1. The highest BCUT2D eigenvalue weighted by molar-refractivity contribution is 5.79. The van der Waals surface area contributed by atoms with E-state index in [0.29, 0.717) is 5.69 Å². The molecule has 116 valence electrons. The Morgan fingerprint density at radius 3 is 2.67 bits per heavy atom. The highest BCUT2D eigenvalue weighted by Crippen LogP contribution is 2.25. The first-order valence-electron chi connectivity index (χ1n) is 7.99. The number of hydrogen-bond donors (Lipinski definition) is 1. The molecule has 0 aliphatic carbocycles. The topological polar surface area (TPSA) is 32.3 Å². The van der Waals surface area contributed by atoms with Gasteiger partial charge in [-0.15, -0.1) is 0 Å². The third kappa shape index (κ3) is 4.45. The largest absolute Gasteiger partial charge is 0.369 e. The molecule has 1 aromatic rings. The van der Waals surface area contributed by atoms with E-state index < -0.39 is 0 Å². The van der Waals surface area contributed by atoms with Crippen molar-refractivity contribution in [2.75, 3.05) is 24.5 Å². The van der Waals surface area contributed by atoms with E-state index in [1.165, 1.54) is 6.07 Å². The average molecular weight is 292 g/mol. The van der Waals surface area contributed by atoms with Gasteiger partial charge in [0.15, 0.2) is 0 Å². The number of nitrogens with one attached hydrogen (secondary N) is 1. The minimum Gasteiger partial charge on any atom is -0.369 e. The van der Waals surface area contributed by atoms with Gasteiger partial charge in [-0.2, -0.15) is 0 Å². The van der Waals surface area contributed by atoms with Gasteiger partial charge in [0.1, 0.15) is 5.82 Å². The van der Waals surface area contributed by atoms with Crippen LogP contribution >= 0.6 is 0 Å². The number of para-hydroxylation sites is 1. The maximum Gasteiger partial charge on any atom is 0.223 e. The summed E-state index contributed by atoms with van der Waals surface area (Å²) in [6, 6.07) is 6.85. The van der Waals surface area contributed by atoms with Crippen LogP contribution in [0.3, 0.4) is 0 Å². The van der Waals surface area contributed by atoms with Gasteiger partial charge in [-0.1, -0.05) is 31.9 Å². The molecule has 4 heteroatoms. The molecule has 1 N–H and O–H groups in total. The van der Waals surface area contributed by atoms with Crippen LogP contribution in [0.5, 0.6) is 0 Å². The normalized spacial score (nSPS) is 16.0. The second-order valence-corrected chi connectivity index (χ2v) is 5.71. The lowest BCUT2D eigenvalue weighted by atomic mass is 9.95. The van der Waals surface area contributed by atoms with Gasteiger partial charge in [0.25, 0.3) is 0 Å². The first-order valence-corrected chi connectivity index (χ1v) is 7.99. The molecule has 0 unspecified atom stereocenters. The van der Waals surface area contributed by atoms with Crippen molar-refractivity contribution in [3.8, 4) is 0 Å². The molecule has 1 aromatic carbocycles. The van der Waals surface area contributed by atoms with E-state index in [1.54, 1.807) is 12.1 Å². The summed E-state index contributed by atoms with van der Waals surface area (Å²) in [5.74, 6) is 0.0638. The number of nitrogens with zero attached hydrogens (tertiary/aromatic N) is 1. The molecule has 1 saturated heterocycles. The summed E-state index contributed by atoms with van der Waals surface area (Å²) in [6.07, 6.45) is 4.97. The molecule has 21 heavy (non-hydrogen) atoms. The first-order chi connectivity index (χ1) is 10.2. The molecule has 0 spiro atoms. The van der Waals surface area contributed by atoms with Crippen molar-refractivity contribution in [3.63, 3.8) is 0 Å². The highest BCUT2D eigenvalue weighted by Gasteiger charge is 2.25. The third-order valence-corrected chi connectivity index (χ3v) is 4.14. The Morgan fingerprint density at radius 2 is 2.00 bits per heavy atom. The maximum atomic E-state index is 13.7. The van der Waals surface area contributed by atoms with Crippen LogP contribution in [0.15, 0.2) is 24.3 Å². The second-order valence-electron chi connectivity index (χ2n) is 5.71. The Bertz CT molecular complexity index is 456. The Balaban J connectivity index is 1.78. The Morgan fingerprint density at radius 1 is 1.29 bits per heavy atom. The van der Waals surface area contributed by atoms with Crippen LogP contribution in [0.1, 0.15) is 39.0 Å². The summed E-state index contributed by atoms with van der Waals surface area (Å²) in [7, 11) is 0. The summed E-state index contributed by atoms with van der Waals surface area (Å²) in [5.41, 5.74) is 0.652. The molecule has 3 nitrogen and oxygen atoms in total. The van der Waals surface area contributed by atoms with Gasteiger partial charge in [-0.3, -0.25) is 4.79 Å². The standard InChI is InChI=1S/C17H25FN2O/c1-2-3-6-11-19-17(21)14-9-12-20(13-10-14)16-8-5-4-7-15(16)18/h4-5,7-8,14H,2-3,6,9-13H2,1H3,(H,19,21). The van der Waals surface area contributed by atoms with Crippen LogP contribution in [0.4, 0.5) is 10.1 Å². The summed E-state index contributed by atoms with van der Waals surface area (Å²) < 4.78 is 13.7. The number of halogens is 1. The molecular weight excluding hydrogens is 267 g/mol. The number of amides is 1. The number of unbranched alkanes of at least 4 members (excludes halogenated alkanes) is 2. The van der Waals surface area contributed by atoms with Gasteiger partial charge >= 0.3 is 0 Å². The Hall–Kier alpha value is -1.58. The van der Waals surface area contributed by atoms with E-state index in [1.807, 2.05) is 11.0 Å². The van der Waals surface area contributed by atoms with Crippen LogP contribution in [-0.4, -0.2) is 25.5 Å². The van der Waals surface area contributed by atoms with Gasteiger partial charge < -0.3 is 10.2 Å². The van der Waals surface area contributed by atoms with E-state index in [-0.39, 0.29) is 17.6 Å². The SMILES string of the molecule is CCCCCNC(=O)C1CCN(c2ccccc2F)CC1. The van der Waals surface area contributed by atoms with Gasteiger partial charge in [0.2, 0.25) is 5.91 Å². The number of anilines is 1. The van der Waals surface area contributed by atoms with Crippen LogP contribution in [-0.2, 0) is 4.79 Å². The van der Waals surface area contributed by atoms with E-state index in [0.717, 1.165) is 51.7 Å². The fourth-order valence-electron chi connectivity index (χ4n) is 2.82. The molecule has 1 heterocycles. The number of piperidine rings is 1. The monoisotopic (exact) mass is 292 g/mol. The lowest BCUT2D eigenvalue weighted by Gasteiger charge is -2.33. The molecule has 0 bridgehead atoms. The Labute approximate surface area is 126 Å². The molecule has 1 fully saturated rings. The fraction of sp³-hybridized carbons (Fsp3) is 0.588. The summed E-state index contributed by atoms with van der Waals surface area (Å²) in [5, 5.41) is 3.02. The molecule has 0 saturated carbocycles. The minimum absolute atomic E-state index is 0.0784. The van der Waals surface area contributed by atoms with E-state index in [4.69, 9.17) is 0 Å². The lowest BCUT2D eigenvalue weighted by molar-refractivity contribution is -0.125. The number of carbonyl (C=O) groups is 1. The van der Waals surface area contributed by atoms with Gasteiger partial charge in [0.05, 0.1) is 5.69 Å². The smallest absolute Gasteiger partial charge is 0.223 e. The molecule has 2 rings (SSSR count). The number of rotatable bonds is 6. The summed E-state index contributed by atoms with van der Waals surface area (Å²) >= 11 is 0. The molecule has 1 aliphatic heterocycles. The predicted molar refractivity (Wildman–Crippen MR) is 83.9 cm³/mol. The van der Waals surface area contributed by atoms with Crippen molar-refractivity contribution in [1.82, 2.24) is 5.32 Å². The van der Waals surface area contributed by atoms with Gasteiger partial charge in [0, 0.05) is 25.6 Å². The van der Waals surface area contributed by atoms with Crippen LogP contribution in [0.25, 0.3) is 0 Å².